The maximum atomic E-state index is 10.8. The van der Waals surface area contributed by atoms with Crippen molar-refractivity contribution in [1.29, 1.82) is 0 Å². The Labute approximate surface area is 76.1 Å². The number of rotatable bonds is 0. The number of halogens is 2. The van der Waals surface area contributed by atoms with E-state index in [4.69, 9.17) is 4.18 Å². The maximum Gasteiger partial charge on any atom is 0.403 e. The molecule has 2 aliphatic heterocycles. The molecule has 0 aromatic rings. The van der Waals surface area contributed by atoms with Crippen LogP contribution in [0.4, 0.5) is 4.79 Å². The first kappa shape index (κ1) is 6.94. The van der Waals surface area contributed by atoms with E-state index in [2.05, 4.69) is 31.9 Å². The van der Waals surface area contributed by atoms with Gasteiger partial charge in [0.05, 0.1) is 17.9 Å². The Morgan fingerprint density at radius 1 is 1.30 bits per heavy atom. The minimum absolute atomic E-state index is 0.115. The molecule has 5 heteroatoms. The second-order valence-corrected chi connectivity index (χ2v) is 7.08. The first-order valence-electron chi connectivity index (χ1n) is 2.48. The third kappa shape index (κ3) is 0.631. The van der Waals surface area contributed by atoms with Gasteiger partial charge in [0.25, 0.3) is 0 Å². The van der Waals surface area contributed by atoms with Crippen molar-refractivity contribution in [1.82, 2.24) is 0 Å². The summed E-state index contributed by atoms with van der Waals surface area (Å²) in [6, 6.07) is 0. The van der Waals surface area contributed by atoms with E-state index in [1.807, 2.05) is 12.2 Å². The lowest BCUT2D eigenvalue weighted by Gasteiger charge is -2.02. The average Bonchev–Trinajstić information content (AvgIpc) is 2.50. The summed E-state index contributed by atoms with van der Waals surface area (Å²) in [5.41, 5.74) is 0. The molecule has 2 rings (SSSR count). The zero-order chi connectivity index (χ0) is 7.35. The van der Waals surface area contributed by atoms with E-state index in [1.165, 1.54) is 0 Å². The maximum absolute atomic E-state index is 10.8. The van der Waals surface area contributed by atoms with Gasteiger partial charge >= 0.3 is 5.30 Å². The highest BCUT2D eigenvalue weighted by atomic mass is 79.9. The summed E-state index contributed by atoms with van der Waals surface area (Å²) >= 11 is 6.55. The van der Waals surface area contributed by atoms with E-state index < -0.39 is 10.3 Å². The SMILES string of the molecule is O=C1OS12C(Br)=CC=C2Br. The standard InChI is InChI=1S/C5H2Br2O2S/c6-3-1-2-4(7)10(3)5(8)9-10/h1-2H. The Morgan fingerprint density at radius 3 is 1.90 bits per heavy atom. The van der Waals surface area contributed by atoms with Gasteiger partial charge in [0.15, 0.2) is 0 Å². The van der Waals surface area contributed by atoms with Crippen molar-refractivity contribution in [3.05, 3.63) is 19.8 Å². The van der Waals surface area contributed by atoms with E-state index in [0.29, 0.717) is 0 Å². The molecule has 0 bridgehead atoms. The van der Waals surface area contributed by atoms with Crippen LogP contribution in [0.3, 0.4) is 0 Å². The Bertz CT molecular complexity index is 263. The van der Waals surface area contributed by atoms with Crippen molar-refractivity contribution in [2.45, 2.75) is 0 Å². The molecule has 0 N–H and O–H groups in total. The largest absolute Gasteiger partial charge is 0.403 e. The van der Waals surface area contributed by atoms with Crippen molar-refractivity contribution in [3.63, 3.8) is 0 Å². The molecule has 0 radical (unpaired) electrons. The van der Waals surface area contributed by atoms with Crippen LogP contribution in [0.25, 0.3) is 0 Å². The Balaban J connectivity index is 2.47. The molecule has 0 unspecified atom stereocenters. The van der Waals surface area contributed by atoms with E-state index in [0.717, 1.165) is 7.63 Å². The highest BCUT2D eigenvalue weighted by molar-refractivity contribution is 9.19. The van der Waals surface area contributed by atoms with Gasteiger partial charge in [0.2, 0.25) is 0 Å². The minimum atomic E-state index is -1.62. The normalized spacial score (nSPS) is 29.2. The molecule has 2 heterocycles. The molecular formula is C5H2Br2O2S. The second-order valence-electron chi connectivity index (χ2n) is 1.83. The zero-order valence-electron chi connectivity index (χ0n) is 4.64. The molecule has 2 aliphatic rings. The summed E-state index contributed by atoms with van der Waals surface area (Å²) < 4.78 is 6.62. The fourth-order valence-electron chi connectivity index (χ4n) is 0.740. The van der Waals surface area contributed by atoms with Crippen LogP contribution in [-0.2, 0) is 4.18 Å². The van der Waals surface area contributed by atoms with Crippen molar-refractivity contribution in [2.24, 2.45) is 0 Å². The molecule has 0 saturated carbocycles. The number of hydrogen-bond donors (Lipinski definition) is 0. The summed E-state index contributed by atoms with van der Waals surface area (Å²) in [6.45, 7) is 0. The lowest BCUT2D eigenvalue weighted by molar-refractivity contribution is 0.249. The molecule has 0 atom stereocenters. The molecule has 1 saturated heterocycles. The minimum Gasteiger partial charge on any atom is -0.385 e. The van der Waals surface area contributed by atoms with Crippen molar-refractivity contribution in [2.75, 3.05) is 0 Å². The van der Waals surface area contributed by atoms with Crippen molar-refractivity contribution in [3.8, 4) is 0 Å². The van der Waals surface area contributed by atoms with Gasteiger partial charge in [-0.05, 0) is 44.0 Å². The highest BCUT2D eigenvalue weighted by Gasteiger charge is 2.59. The van der Waals surface area contributed by atoms with E-state index in [-0.39, 0.29) is 5.30 Å². The van der Waals surface area contributed by atoms with Crippen LogP contribution in [0.1, 0.15) is 0 Å². The van der Waals surface area contributed by atoms with Crippen LogP contribution in [-0.4, -0.2) is 5.30 Å². The van der Waals surface area contributed by atoms with Gasteiger partial charge in [0.1, 0.15) is 0 Å². The van der Waals surface area contributed by atoms with Crippen LogP contribution in [0.15, 0.2) is 19.8 Å². The summed E-state index contributed by atoms with van der Waals surface area (Å²) in [7, 11) is -1.62. The summed E-state index contributed by atoms with van der Waals surface area (Å²) in [5, 5.41) is -0.115. The fraction of sp³-hybridized carbons (Fsp3) is 0. The van der Waals surface area contributed by atoms with Crippen molar-refractivity contribution >= 4 is 47.5 Å². The van der Waals surface area contributed by atoms with Gasteiger partial charge < -0.3 is 4.18 Å². The molecule has 0 aromatic heterocycles. The lowest BCUT2D eigenvalue weighted by atomic mass is 10.6. The fourth-order valence-corrected chi connectivity index (χ4v) is 5.45. The third-order valence-electron chi connectivity index (χ3n) is 1.30. The Kier molecular flexibility index (Phi) is 1.31. The van der Waals surface area contributed by atoms with Crippen LogP contribution < -0.4 is 0 Å². The first-order valence-corrected chi connectivity index (χ1v) is 5.62. The number of carbonyl (C=O) groups is 1. The molecule has 54 valence electrons. The summed E-state index contributed by atoms with van der Waals surface area (Å²) in [5.74, 6) is 0. The van der Waals surface area contributed by atoms with Gasteiger partial charge in [-0.15, -0.1) is 0 Å². The number of allylic oxidation sites excluding steroid dienone is 2. The summed E-state index contributed by atoms with van der Waals surface area (Å²) in [6.07, 6.45) is 3.68. The Hall–Kier alpha value is 0.260. The van der Waals surface area contributed by atoms with E-state index in [1.54, 1.807) is 0 Å². The van der Waals surface area contributed by atoms with Crippen molar-refractivity contribution < 1.29 is 8.98 Å². The van der Waals surface area contributed by atoms with Gasteiger partial charge in [-0.25, -0.2) is 4.79 Å². The molecule has 1 spiro atoms. The van der Waals surface area contributed by atoms with Gasteiger partial charge in [-0.1, -0.05) is 0 Å². The van der Waals surface area contributed by atoms with Crippen LogP contribution in [0.5, 0.6) is 0 Å². The van der Waals surface area contributed by atoms with E-state index >= 15 is 0 Å². The molecule has 1 fully saturated rings. The second kappa shape index (κ2) is 1.89. The topological polar surface area (TPSA) is 29.6 Å². The molecule has 0 aromatic carbocycles. The molecule has 0 aliphatic carbocycles. The predicted molar refractivity (Wildman–Crippen MR) is 48.1 cm³/mol. The molecule has 0 amide bonds. The highest BCUT2D eigenvalue weighted by Crippen LogP contribution is 2.81. The van der Waals surface area contributed by atoms with E-state index in [9.17, 15) is 4.79 Å². The van der Waals surface area contributed by atoms with Gasteiger partial charge in [-0.2, -0.15) is 0 Å². The number of hydrogen-bond acceptors (Lipinski definition) is 2. The lowest BCUT2D eigenvalue weighted by Crippen LogP contribution is -1.72. The van der Waals surface area contributed by atoms with Gasteiger partial charge in [0, 0.05) is 0 Å². The summed E-state index contributed by atoms with van der Waals surface area (Å²) in [4.78, 5) is 10.8. The molecule has 10 heavy (non-hydrogen) atoms. The van der Waals surface area contributed by atoms with Crippen LogP contribution in [0.2, 0.25) is 0 Å². The van der Waals surface area contributed by atoms with Gasteiger partial charge in [-0.3, -0.25) is 0 Å². The first-order chi connectivity index (χ1) is 4.68. The Morgan fingerprint density at radius 2 is 1.70 bits per heavy atom. The zero-order valence-corrected chi connectivity index (χ0v) is 8.62. The van der Waals surface area contributed by atoms with Crippen LogP contribution in [0, 0.1) is 0 Å². The van der Waals surface area contributed by atoms with Crippen LogP contribution >= 0.6 is 42.2 Å². The predicted octanol–water partition coefficient (Wildman–Crippen LogP) is 3.34. The monoisotopic (exact) mass is 284 g/mol. The third-order valence-corrected chi connectivity index (χ3v) is 6.73. The quantitative estimate of drug-likeness (QED) is 0.639. The number of carbonyl (C=O) groups excluding carboxylic acids is 1. The molecular weight excluding hydrogens is 284 g/mol. The average molecular weight is 286 g/mol. The smallest absolute Gasteiger partial charge is 0.385 e. The molecule has 2 nitrogen and oxygen atoms in total.